The van der Waals surface area contributed by atoms with E-state index >= 15 is 0 Å². The lowest BCUT2D eigenvalue weighted by Crippen LogP contribution is -2.76. The fourth-order valence-electron chi connectivity index (χ4n) is 1.87. The molecule has 17 nitrogen and oxygen atoms in total. The van der Waals surface area contributed by atoms with Gasteiger partial charge in [0, 0.05) is 0 Å². The molecule has 0 aromatic carbocycles. The summed E-state index contributed by atoms with van der Waals surface area (Å²) >= 11 is 0. The molecular formula is C12H23N5O12. The van der Waals surface area contributed by atoms with Crippen LogP contribution in [-0.4, -0.2) is 99.4 Å². The molecule has 17 heteroatoms. The number of ether oxygens (including phenoxy) is 1. The second kappa shape index (κ2) is 8.68. The molecule has 1 amide bonds. The molecule has 0 radical (unpaired) electrons. The predicted molar refractivity (Wildman–Crippen MR) is 87.9 cm³/mol. The van der Waals surface area contributed by atoms with E-state index in [4.69, 9.17) is 16.2 Å². The van der Waals surface area contributed by atoms with Crippen LogP contribution in [0.1, 0.15) is 20.8 Å². The number of carboxylic acids is 1. The molecule has 0 saturated heterocycles. The van der Waals surface area contributed by atoms with E-state index in [1.54, 1.807) is 0 Å². The van der Waals surface area contributed by atoms with E-state index in [0.717, 1.165) is 0 Å². The van der Waals surface area contributed by atoms with Crippen LogP contribution in [0.25, 0.3) is 0 Å². The van der Waals surface area contributed by atoms with E-state index < -0.39 is 63.6 Å². The van der Waals surface area contributed by atoms with Gasteiger partial charge in [-0.3, -0.25) is 10.7 Å². The molecule has 29 heavy (non-hydrogen) atoms. The lowest BCUT2D eigenvalue weighted by molar-refractivity contribution is -0.652. The van der Waals surface area contributed by atoms with Gasteiger partial charge >= 0.3 is 17.8 Å². The maximum atomic E-state index is 11.9. The van der Waals surface area contributed by atoms with Crippen molar-refractivity contribution in [2.24, 2.45) is 5.73 Å². The Morgan fingerprint density at radius 1 is 1.21 bits per heavy atom. The van der Waals surface area contributed by atoms with Gasteiger partial charge in [0.1, 0.15) is 17.8 Å². The number of alkyl carbamates (subject to hydrolysis) is 1. The minimum atomic E-state index is -4.42. The van der Waals surface area contributed by atoms with Gasteiger partial charge in [-0.2, -0.15) is 0 Å². The van der Waals surface area contributed by atoms with Crippen LogP contribution in [0.3, 0.4) is 0 Å². The van der Waals surface area contributed by atoms with Crippen LogP contribution < -0.4 is 11.1 Å². The lowest BCUT2D eigenvalue weighted by Gasteiger charge is -2.42. The number of aliphatic hydroxyl groups excluding tert-OH is 3. The number of nitro groups is 1. The highest BCUT2D eigenvalue weighted by Gasteiger charge is 2.64. The Bertz CT molecular complexity index is 650. The maximum Gasteiger partial charge on any atom is 0.410 e. The molecule has 4 atom stereocenters. The Balaban J connectivity index is 6.14. The number of nitrogens with two attached hydrogens (primary N) is 1. The molecule has 0 aliphatic carbocycles. The quantitative estimate of drug-likeness (QED) is 0.0571. The zero-order chi connectivity index (χ0) is 23.5. The summed E-state index contributed by atoms with van der Waals surface area (Å²) in [5.74, 6) is -8.52. The molecule has 0 aliphatic heterocycles. The zero-order valence-electron chi connectivity index (χ0n) is 15.4. The average Bonchev–Trinajstić information content (AvgIpc) is 2.49. The molecule has 0 aromatic heterocycles. The number of hydrogen-bond acceptors (Lipinski definition) is 12. The average molecular weight is 429 g/mol. The van der Waals surface area contributed by atoms with E-state index in [2.05, 4.69) is 4.74 Å². The van der Waals surface area contributed by atoms with E-state index in [1.165, 1.54) is 26.1 Å². The maximum absolute atomic E-state index is 11.9. The molecule has 0 fully saturated rings. The first kappa shape index (κ1) is 26.2. The van der Waals surface area contributed by atoms with Crippen LogP contribution >= 0.6 is 0 Å². The Hall–Kier alpha value is -2.83. The summed E-state index contributed by atoms with van der Waals surface area (Å²) in [6.07, 6.45) is -10.9. The van der Waals surface area contributed by atoms with Gasteiger partial charge in [-0.15, -0.1) is 0 Å². The van der Waals surface area contributed by atoms with Crippen molar-refractivity contribution in [1.29, 1.82) is 5.41 Å². The second-order valence-electron chi connectivity index (χ2n) is 6.69. The number of carboxylic acid groups (broad SMARTS) is 1. The minimum absolute atomic E-state index is 0.612. The molecule has 168 valence electrons. The summed E-state index contributed by atoms with van der Waals surface area (Å²) in [6.45, 7) is 3.97. The zero-order valence-corrected chi connectivity index (χ0v) is 15.4. The van der Waals surface area contributed by atoms with Gasteiger partial charge in [-0.1, -0.05) is 0 Å². The van der Waals surface area contributed by atoms with E-state index in [1.807, 2.05) is 0 Å². The third-order valence-electron chi connectivity index (χ3n) is 3.25. The topological polar surface area (TPSA) is 293 Å². The van der Waals surface area contributed by atoms with Crippen LogP contribution in [0.2, 0.25) is 0 Å². The number of rotatable bonds is 8. The van der Waals surface area contributed by atoms with E-state index in [0.29, 0.717) is 0 Å². The molecule has 0 rings (SSSR count). The van der Waals surface area contributed by atoms with Crippen LogP contribution in [-0.2, 0) is 9.53 Å². The van der Waals surface area contributed by atoms with Crippen molar-refractivity contribution in [3.8, 4) is 0 Å². The van der Waals surface area contributed by atoms with Crippen molar-refractivity contribution in [3.63, 3.8) is 0 Å². The molecule has 3 unspecified atom stereocenters. The molecular weight excluding hydrogens is 406 g/mol. The lowest BCUT2D eigenvalue weighted by atomic mass is 9.91. The SMILES string of the molecule is CC(C)(C)OC(=O)N[C@](O)(C(O)C(O)C(O)N(C(=N)N)[N+](=O)[O-])C(O)(O)C(=O)O. The van der Waals surface area contributed by atoms with Gasteiger partial charge in [0.25, 0.3) is 5.96 Å². The highest BCUT2D eigenvalue weighted by molar-refractivity contribution is 5.79. The summed E-state index contributed by atoms with van der Waals surface area (Å²) in [6, 6.07) is 0. The Morgan fingerprint density at radius 2 is 1.66 bits per heavy atom. The minimum Gasteiger partial charge on any atom is -0.477 e. The third kappa shape index (κ3) is 5.82. The van der Waals surface area contributed by atoms with Gasteiger partial charge in [0.05, 0.1) is 0 Å². The highest BCUT2D eigenvalue weighted by atomic mass is 16.7. The number of hydrogen-bond donors (Lipinski definition) is 10. The Morgan fingerprint density at radius 3 is 1.97 bits per heavy atom. The number of aliphatic carboxylic acids is 1. The number of nitrogens with zero attached hydrogens (tertiary/aromatic N) is 2. The van der Waals surface area contributed by atoms with Crippen molar-refractivity contribution in [2.45, 2.75) is 56.3 Å². The van der Waals surface area contributed by atoms with Crippen molar-refractivity contribution >= 4 is 18.0 Å². The van der Waals surface area contributed by atoms with Crippen molar-refractivity contribution in [2.75, 3.05) is 0 Å². The number of aliphatic hydroxyl groups is 6. The van der Waals surface area contributed by atoms with Gasteiger partial charge in [0.2, 0.25) is 12.0 Å². The van der Waals surface area contributed by atoms with Crippen LogP contribution in [0.5, 0.6) is 0 Å². The van der Waals surface area contributed by atoms with Crippen molar-refractivity contribution < 1.29 is 55.1 Å². The van der Waals surface area contributed by atoms with Crippen LogP contribution in [0, 0.1) is 15.5 Å². The molecule has 0 aromatic rings. The molecule has 0 heterocycles. The number of carbonyl (C=O) groups is 2. The smallest absolute Gasteiger partial charge is 0.410 e. The van der Waals surface area contributed by atoms with Crippen molar-refractivity contribution in [3.05, 3.63) is 10.1 Å². The van der Waals surface area contributed by atoms with Gasteiger partial charge in [-0.05, 0) is 25.8 Å². The second-order valence-corrected chi connectivity index (χ2v) is 6.69. The van der Waals surface area contributed by atoms with E-state index in [9.17, 15) is 50.3 Å². The molecule has 0 spiro atoms. The summed E-state index contributed by atoms with van der Waals surface area (Å²) in [4.78, 5) is 33.8. The predicted octanol–water partition coefficient (Wildman–Crippen LogP) is -4.61. The standard InChI is InChI=1S/C12H23N5O12/c1-10(2,3)29-9(23)15-11(24,12(25,26)7(21)22)5(19)4(18)6(20)16(8(13)14)17(27)28/h4-6,18-20,24-26H,1-3H3,(H3,13,14)(H,15,23)(H,21,22)/t4?,5?,6?,11-/m0/s1. The first-order chi connectivity index (χ1) is 12.8. The normalized spacial score (nSPS) is 17.3. The Labute approximate surface area is 162 Å². The fraction of sp³-hybridized carbons (Fsp3) is 0.750. The van der Waals surface area contributed by atoms with E-state index in [-0.39, 0.29) is 0 Å². The first-order valence-corrected chi connectivity index (χ1v) is 7.53. The third-order valence-corrected chi connectivity index (χ3v) is 3.25. The van der Waals surface area contributed by atoms with Crippen molar-refractivity contribution in [1.82, 2.24) is 10.3 Å². The summed E-state index contributed by atoms with van der Waals surface area (Å²) in [5.41, 5.74) is -0.519. The summed E-state index contributed by atoms with van der Waals surface area (Å²) < 4.78 is 4.67. The Kier molecular flexibility index (Phi) is 7.83. The van der Waals surface area contributed by atoms with Gasteiger partial charge < -0.3 is 46.2 Å². The monoisotopic (exact) mass is 429 g/mol. The van der Waals surface area contributed by atoms with Gasteiger partial charge in [0.15, 0.2) is 5.03 Å². The number of nitrogens with one attached hydrogen (secondary N) is 2. The molecule has 0 bridgehead atoms. The number of guanidine groups is 1. The number of hydrazine groups is 1. The number of carbonyl (C=O) groups excluding carboxylic acids is 1. The molecule has 0 saturated carbocycles. The van der Waals surface area contributed by atoms with Crippen LogP contribution in [0.4, 0.5) is 4.79 Å². The van der Waals surface area contributed by atoms with Gasteiger partial charge in [-0.25, -0.2) is 19.7 Å². The summed E-state index contributed by atoms with van der Waals surface area (Å²) in [7, 11) is 0. The molecule has 0 aliphatic rings. The largest absolute Gasteiger partial charge is 0.477 e. The van der Waals surface area contributed by atoms with Crippen LogP contribution in [0.15, 0.2) is 0 Å². The molecule has 11 N–H and O–H groups in total. The first-order valence-electron chi connectivity index (χ1n) is 7.53. The highest BCUT2D eigenvalue weighted by Crippen LogP contribution is 2.26. The number of amides is 1. The summed E-state index contributed by atoms with van der Waals surface area (Å²) in [5, 5.41) is 85.2. The fourth-order valence-corrected chi connectivity index (χ4v) is 1.87.